The molecule has 0 aliphatic heterocycles. The fourth-order valence-corrected chi connectivity index (χ4v) is 1.47. The minimum Gasteiger partial charge on any atom is -0.369 e. The van der Waals surface area contributed by atoms with Crippen molar-refractivity contribution in [1.29, 1.82) is 0 Å². The third-order valence-corrected chi connectivity index (χ3v) is 2.14. The summed E-state index contributed by atoms with van der Waals surface area (Å²) in [5, 5.41) is 6.54. The Bertz CT molecular complexity index is 438. The molecule has 2 aromatic rings. The summed E-state index contributed by atoms with van der Waals surface area (Å²) in [4.78, 5) is 15.3. The van der Waals surface area contributed by atoms with Gasteiger partial charge in [-0.2, -0.15) is 5.10 Å². The van der Waals surface area contributed by atoms with Crippen LogP contribution in [0.1, 0.15) is 17.2 Å². The largest absolute Gasteiger partial charge is 0.369 e. The highest BCUT2D eigenvalue weighted by Gasteiger charge is 2.21. The summed E-state index contributed by atoms with van der Waals surface area (Å²) in [6.07, 6.45) is 4.85. The van der Waals surface area contributed by atoms with Gasteiger partial charge in [-0.3, -0.25) is 14.9 Å². The van der Waals surface area contributed by atoms with Gasteiger partial charge in [0, 0.05) is 18.6 Å². The molecule has 0 fully saturated rings. The van der Waals surface area contributed by atoms with Crippen molar-refractivity contribution >= 4 is 5.91 Å². The summed E-state index contributed by atoms with van der Waals surface area (Å²) in [6, 6.07) is 5.30. The van der Waals surface area contributed by atoms with Gasteiger partial charge in [-0.15, -0.1) is 0 Å². The van der Waals surface area contributed by atoms with E-state index in [2.05, 4.69) is 15.2 Å². The van der Waals surface area contributed by atoms with Gasteiger partial charge in [-0.05, 0) is 17.7 Å². The number of aromatic amines is 1. The molecule has 2 rings (SSSR count). The van der Waals surface area contributed by atoms with Gasteiger partial charge in [-0.25, -0.2) is 0 Å². The van der Waals surface area contributed by atoms with Crippen molar-refractivity contribution in [3.05, 3.63) is 48.0 Å². The van der Waals surface area contributed by atoms with E-state index in [1.165, 1.54) is 0 Å². The van der Waals surface area contributed by atoms with Crippen molar-refractivity contribution in [3.8, 4) is 0 Å². The molecule has 2 heterocycles. The first kappa shape index (κ1) is 9.39. The summed E-state index contributed by atoms with van der Waals surface area (Å²) < 4.78 is 0. The maximum atomic E-state index is 11.3. The van der Waals surface area contributed by atoms with Crippen LogP contribution in [0.25, 0.3) is 0 Å². The molecule has 0 bridgehead atoms. The first-order valence-corrected chi connectivity index (χ1v) is 4.47. The topological polar surface area (TPSA) is 84.7 Å². The Morgan fingerprint density at radius 3 is 2.80 bits per heavy atom. The molecular weight excluding hydrogens is 192 g/mol. The summed E-state index contributed by atoms with van der Waals surface area (Å²) in [5.41, 5.74) is 6.78. The van der Waals surface area contributed by atoms with Gasteiger partial charge < -0.3 is 5.73 Å². The van der Waals surface area contributed by atoms with Crippen molar-refractivity contribution in [2.24, 2.45) is 5.73 Å². The summed E-state index contributed by atoms with van der Waals surface area (Å²) >= 11 is 0. The molecule has 15 heavy (non-hydrogen) atoms. The molecule has 0 spiro atoms. The van der Waals surface area contributed by atoms with E-state index in [1.807, 2.05) is 6.07 Å². The Labute approximate surface area is 86.3 Å². The Morgan fingerprint density at radius 2 is 2.27 bits per heavy atom. The average Bonchev–Trinajstić information content (AvgIpc) is 2.72. The van der Waals surface area contributed by atoms with E-state index in [4.69, 9.17) is 5.73 Å². The lowest BCUT2D eigenvalue weighted by Gasteiger charge is -2.10. The van der Waals surface area contributed by atoms with Crippen LogP contribution in [0, 0.1) is 0 Å². The molecule has 0 radical (unpaired) electrons. The SMILES string of the molecule is NC(=O)C(c1cccnc1)c1ccn[nH]1. The van der Waals surface area contributed by atoms with Gasteiger partial charge in [0.25, 0.3) is 0 Å². The smallest absolute Gasteiger partial charge is 0.231 e. The number of H-pyrrole nitrogens is 1. The number of rotatable bonds is 3. The highest BCUT2D eigenvalue weighted by molar-refractivity contribution is 5.84. The zero-order valence-corrected chi connectivity index (χ0v) is 7.92. The molecule has 0 saturated carbocycles. The molecule has 1 amide bonds. The normalized spacial score (nSPS) is 12.3. The molecule has 0 aliphatic rings. The second-order valence-electron chi connectivity index (χ2n) is 3.13. The van der Waals surface area contributed by atoms with Gasteiger partial charge in [-0.1, -0.05) is 6.07 Å². The molecule has 0 aliphatic carbocycles. The maximum Gasteiger partial charge on any atom is 0.231 e. The number of pyridine rings is 1. The predicted molar refractivity (Wildman–Crippen MR) is 53.9 cm³/mol. The minimum absolute atomic E-state index is 0.424. The number of primary amides is 1. The molecule has 2 aromatic heterocycles. The van der Waals surface area contributed by atoms with Crippen LogP contribution in [0.4, 0.5) is 0 Å². The van der Waals surface area contributed by atoms with Crippen LogP contribution < -0.4 is 5.73 Å². The number of nitrogens with two attached hydrogens (primary N) is 1. The second-order valence-corrected chi connectivity index (χ2v) is 3.13. The van der Waals surface area contributed by atoms with Gasteiger partial charge in [0.2, 0.25) is 5.91 Å². The van der Waals surface area contributed by atoms with Gasteiger partial charge >= 0.3 is 0 Å². The predicted octanol–water partition coefficient (Wildman–Crippen LogP) is 0.422. The van der Waals surface area contributed by atoms with Crippen LogP contribution in [-0.4, -0.2) is 21.1 Å². The van der Waals surface area contributed by atoms with Crippen molar-refractivity contribution in [1.82, 2.24) is 15.2 Å². The number of amides is 1. The third kappa shape index (κ3) is 1.85. The van der Waals surface area contributed by atoms with Crippen molar-refractivity contribution < 1.29 is 4.79 Å². The number of nitrogens with one attached hydrogen (secondary N) is 1. The van der Waals surface area contributed by atoms with Crippen LogP contribution in [0.3, 0.4) is 0 Å². The van der Waals surface area contributed by atoms with Crippen LogP contribution in [0.5, 0.6) is 0 Å². The number of carbonyl (C=O) groups is 1. The van der Waals surface area contributed by atoms with Crippen molar-refractivity contribution in [2.45, 2.75) is 5.92 Å². The Kier molecular flexibility index (Phi) is 2.45. The van der Waals surface area contributed by atoms with Crippen LogP contribution >= 0.6 is 0 Å². The fourth-order valence-electron chi connectivity index (χ4n) is 1.47. The number of hydrogen-bond acceptors (Lipinski definition) is 3. The molecule has 0 saturated heterocycles. The maximum absolute atomic E-state index is 11.3. The number of aromatic nitrogens is 3. The van der Waals surface area contributed by atoms with E-state index in [1.54, 1.807) is 30.7 Å². The minimum atomic E-state index is -0.513. The van der Waals surface area contributed by atoms with E-state index in [-0.39, 0.29) is 0 Å². The van der Waals surface area contributed by atoms with Crippen molar-refractivity contribution in [3.63, 3.8) is 0 Å². The molecular formula is C10H10N4O. The van der Waals surface area contributed by atoms with E-state index in [9.17, 15) is 4.79 Å². The first-order chi connectivity index (χ1) is 7.29. The number of hydrogen-bond donors (Lipinski definition) is 2. The Balaban J connectivity index is 2.42. The molecule has 5 heteroatoms. The van der Waals surface area contributed by atoms with Crippen LogP contribution in [0.2, 0.25) is 0 Å². The standard InChI is InChI=1S/C10H10N4O/c11-10(15)9(8-3-5-13-14-8)7-2-1-4-12-6-7/h1-6,9H,(H2,11,15)(H,13,14). The third-order valence-electron chi connectivity index (χ3n) is 2.14. The summed E-state index contributed by atoms with van der Waals surface area (Å²) in [5.74, 6) is -0.937. The van der Waals surface area contributed by atoms with Crippen LogP contribution in [-0.2, 0) is 4.79 Å². The summed E-state index contributed by atoms with van der Waals surface area (Å²) in [6.45, 7) is 0. The highest BCUT2D eigenvalue weighted by Crippen LogP contribution is 2.21. The van der Waals surface area contributed by atoms with E-state index in [0.29, 0.717) is 5.69 Å². The lowest BCUT2D eigenvalue weighted by atomic mass is 9.97. The number of carbonyl (C=O) groups excluding carboxylic acids is 1. The molecule has 0 aromatic carbocycles. The van der Waals surface area contributed by atoms with Crippen molar-refractivity contribution in [2.75, 3.05) is 0 Å². The van der Waals surface area contributed by atoms with Gasteiger partial charge in [0.15, 0.2) is 0 Å². The second kappa shape index (κ2) is 3.91. The highest BCUT2D eigenvalue weighted by atomic mass is 16.1. The van der Waals surface area contributed by atoms with E-state index in [0.717, 1.165) is 5.56 Å². The van der Waals surface area contributed by atoms with E-state index < -0.39 is 11.8 Å². The molecule has 1 atom stereocenters. The molecule has 1 unspecified atom stereocenters. The van der Waals surface area contributed by atoms with Gasteiger partial charge in [0.1, 0.15) is 5.92 Å². The summed E-state index contributed by atoms with van der Waals surface area (Å²) in [7, 11) is 0. The lowest BCUT2D eigenvalue weighted by molar-refractivity contribution is -0.118. The number of nitrogens with zero attached hydrogens (tertiary/aromatic N) is 2. The zero-order chi connectivity index (χ0) is 10.7. The van der Waals surface area contributed by atoms with Gasteiger partial charge in [0.05, 0.1) is 5.69 Å². The molecule has 5 nitrogen and oxygen atoms in total. The fraction of sp³-hybridized carbons (Fsp3) is 0.100. The molecule has 3 N–H and O–H groups in total. The van der Waals surface area contributed by atoms with E-state index >= 15 is 0 Å². The monoisotopic (exact) mass is 202 g/mol. The quantitative estimate of drug-likeness (QED) is 0.756. The zero-order valence-electron chi connectivity index (χ0n) is 7.92. The first-order valence-electron chi connectivity index (χ1n) is 4.47. The molecule has 76 valence electrons. The lowest BCUT2D eigenvalue weighted by Crippen LogP contribution is -2.22. The average molecular weight is 202 g/mol. The Hall–Kier alpha value is -2.17. The van der Waals surface area contributed by atoms with Crippen LogP contribution in [0.15, 0.2) is 36.8 Å². The Morgan fingerprint density at radius 1 is 1.40 bits per heavy atom.